The summed E-state index contributed by atoms with van der Waals surface area (Å²) >= 11 is 31.2. The topological polar surface area (TPSA) is 131 Å². The third-order valence-electron chi connectivity index (χ3n) is 5.81. The van der Waals surface area contributed by atoms with Gasteiger partial charge in [-0.15, -0.1) is 23.2 Å². The van der Waals surface area contributed by atoms with Crippen molar-refractivity contribution in [2.45, 2.75) is 16.7 Å². The van der Waals surface area contributed by atoms with Gasteiger partial charge in [0.2, 0.25) is 5.91 Å². The molecular weight excluding hydrogens is 584 g/mol. The molecule has 2 atom stereocenters. The molecule has 0 aromatic heterocycles. The summed E-state index contributed by atoms with van der Waals surface area (Å²) in [6, 6.07) is 15.7. The highest BCUT2D eigenvalue weighted by atomic mass is 35.5. The number of benzene rings is 3. The quantitative estimate of drug-likeness (QED) is 0.263. The van der Waals surface area contributed by atoms with E-state index >= 15 is 0 Å². The van der Waals surface area contributed by atoms with Crippen molar-refractivity contribution in [2.75, 3.05) is 5.32 Å². The van der Waals surface area contributed by atoms with Gasteiger partial charge in [0.15, 0.2) is 5.78 Å². The summed E-state index contributed by atoms with van der Waals surface area (Å²) in [5.74, 6) is -2.13. The van der Waals surface area contributed by atoms with Gasteiger partial charge in [0.05, 0.1) is 22.6 Å². The summed E-state index contributed by atoms with van der Waals surface area (Å²) in [5, 5.41) is 14.8. The van der Waals surface area contributed by atoms with Gasteiger partial charge < -0.3 is 10.8 Å². The van der Waals surface area contributed by atoms with Crippen molar-refractivity contribution in [3.63, 3.8) is 0 Å². The fourth-order valence-corrected chi connectivity index (χ4v) is 5.62. The van der Waals surface area contributed by atoms with Crippen LogP contribution in [0.4, 0.5) is 11.4 Å². The minimum Gasteiger partial charge on any atom is -0.870 e. The number of hydrogen-bond acceptors (Lipinski definition) is 5. The SMILES string of the molecule is N#Cc1cc([NH+]=O)ccc1CC(=O)c1cc(NC(=O)C2C(c3cc(Cl)cc(Cl)c3)C2(Cl)Cl)ccc1Cl.[OH-]. The van der Waals surface area contributed by atoms with Crippen LogP contribution in [0.25, 0.3) is 0 Å². The summed E-state index contributed by atoms with van der Waals surface area (Å²) < 4.78 is -1.36. The summed E-state index contributed by atoms with van der Waals surface area (Å²) in [5.41, 5.74) is 1.93. The Morgan fingerprint density at radius 3 is 2.30 bits per heavy atom. The van der Waals surface area contributed by atoms with E-state index in [0.29, 0.717) is 26.9 Å². The Morgan fingerprint density at radius 1 is 1.00 bits per heavy atom. The Kier molecular flexibility index (Phi) is 8.86. The lowest BCUT2D eigenvalue weighted by Gasteiger charge is -2.10. The van der Waals surface area contributed by atoms with Crippen molar-refractivity contribution in [3.8, 4) is 6.07 Å². The molecule has 1 aliphatic rings. The average molecular weight is 600 g/mol. The Hall–Kier alpha value is -2.70. The van der Waals surface area contributed by atoms with E-state index < -0.39 is 22.1 Å². The second kappa shape index (κ2) is 11.4. The van der Waals surface area contributed by atoms with E-state index in [1.165, 1.54) is 30.3 Å². The first-order valence-corrected chi connectivity index (χ1v) is 12.3. The third-order valence-corrected chi connectivity index (χ3v) is 7.52. The van der Waals surface area contributed by atoms with Gasteiger partial charge in [0.1, 0.15) is 4.33 Å². The first-order chi connectivity index (χ1) is 17.0. The van der Waals surface area contributed by atoms with E-state index in [0.717, 1.165) is 0 Å². The number of alkyl halides is 2. The number of hydrogen-bond donors (Lipinski definition) is 2. The minimum absolute atomic E-state index is 0. The zero-order chi connectivity index (χ0) is 26.2. The van der Waals surface area contributed by atoms with E-state index in [-0.39, 0.29) is 39.5 Å². The predicted octanol–water partition coefficient (Wildman–Crippen LogP) is 5.77. The summed E-state index contributed by atoms with van der Waals surface area (Å²) in [4.78, 5) is 36.8. The summed E-state index contributed by atoms with van der Waals surface area (Å²) in [6.45, 7) is 0. The van der Waals surface area contributed by atoms with E-state index in [1.54, 1.807) is 29.4 Å². The molecule has 0 bridgehead atoms. The van der Waals surface area contributed by atoms with Gasteiger partial charge in [0.25, 0.3) is 5.69 Å². The summed E-state index contributed by atoms with van der Waals surface area (Å²) in [6.07, 6.45) is -0.133. The van der Waals surface area contributed by atoms with Gasteiger partial charge in [-0.2, -0.15) is 5.26 Å². The lowest BCUT2D eigenvalue weighted by atomic mass is 9.98. The molecule has 0 heterocycles. The first-order valence-electron chi connectivity index (χ1n) is 10.4. The number of nitroso groups, excluding NO2 is 1. The van der Waals surface area contributed by atoms with Gasteiger partial charge in [-0.3, -0.25) is 9.59 Å². The molecule has 1 aliphatic carbocycles. The number of halogens is 5. The van der Waals surface area contributed by atoms with Crippen LogP contribution in [0.15, 0.2) is 54.6 Å². The molecule has 3 aromatic carbocycles. The molecule has 0 aliphatic heterocycles. The molecule has 0 saturated heterocycles. The Bertz CT molecular complexity index is 1430. The van der Waals surface area contributed by atoms with Crippen LogP contribution >= 0.6 is 58.0 Å². The Morgan fingerprint density at radius 2 is 1.68 bits per heavy atom. The number of anilines is 1. The van der Waals surface area contributed by atoms with Crippen LogP contribution < -0.4 is 10.5 Å². The number of nitrogens with zero attached hydrogens (tertiary/aromatic N) is 1. The molecule has 7 nitrogen and oxygen atoms in total. The number of nitriles is 1. The molecule has 190 valence electrons. The molecule has 37 heavy (non-hydrogen) atoms. The number of carbonyl (C=O) groups excluding carboxylic acids is 2. The number of nitrogens with one attached hydrogen (secondary N) is 2. The van der Waals surface area contributed by atoms with Crippen LogP contribution in [-0.4, -0.2) is 21.5 Å². The van der Waals surface area contributed by atoms with Crippen molar-refractivity contribution in [2.24, 2.45) is 5.92 Å². The smallest absolute Gasteiger partial charge is 0.254 e. The van der Waals surface area contributed by atoms with Gasteiger partial charge in [-0.05, 0) is 47.5 Å². The zero-order valence-corrected chi connectivity index (χ0v) is 22.3. The summed E-state index contributed by atoms with van der Waals surface area (Å²) in [7, 11) is 0. The number of carbonyl (C=O) groups is 2. The number of amides is 1. The molecule has 3 N–H and O–H groups in total. The molecule has 1 saturated carbocycles. The Balaban J connectivity index is 0.00000380. The molecule has 3 aromatic rings. The van der Waals surface area contributed by atoms with Gasteiger partial charge in [-0.25, -0.2) is 0 Å². The predicted molar refractivity (Wildman–Crippen MR) is 142 cm³/mol. The highest BCUT2D eigenvalue weighted by Gasteiger charge is 2.67. The lowest BCUT2D eigenvalue weighted by Crippen LogP contribution is -2.55. The number of ketones is 1. The maximum atomic E-state index is 13.0. The maximum Gasteiger partial charge on any atom is 0.254 e. The highest BCUT2D eigenvalue weighted by molar-refractivity contribution is 6.53. The van der Waals surface area contributed by atoms with Crippen molar-refractivity contribution in [3.05, 3.63) is 96.8 Å². The van der Waals surface area contributed by atoms with Crippen molar-refractivity contribution in [1.29, 1.82) is 5.26 Å². The normalized spacial score (nSPS) is 17.2. The monoisotopic (exact) mass is 597 g/mol. The van der Waals surface area contributed by atoms with Crippen molar-refractivity contribution >= 4 is 81.1 Å². The largest absolute Gasteiger partial charge is 0.870 e. The fourth-order valence-electron chi connectivity index (χ4n) is 4.03. The van der Waals surface area contributed by atoms with Gasteiger partial charge in [-0.1, -0.05) is 40.9 Å². The van der Waals surface area contributed by atoms with Gasteiger partial charge >= 0.3 is 0 Å². The zero-order valence-electron chi connectivity index (χ0n) is 18.6. The molecule has 2 unspecified atom stereocenters. The van der Waals surface area contributed by atoms with E-state index in [9.17, 15) is 19.8 Å². The minimum atomic E-state index is -1.36. The van der Waals surface area contributed by atoms with Crippen LogP contribution in [0.5, 0.6) is 0 Å². The van der Waals surface area contributed by atoms with Crippen LogP contribution in [0, 0.1) is 22.2 Å². The van der Waals surface area contributed by atoms with E-state index in [1.807, 2.05) is 6.07 Å². The molecule has 0 radical (unpaired) electrons. The second-order valence-corrected chi connectivity index (χ2v) is 10.9. The number of rotatable bonds is 7. The van der Waals surface area contributed by atoms with E-state index in [2.05, 4.69) is 5.32 Å². The van der Waals surface area contributed by atoms with Crippen molar-refractivity contribution in [1.82, 2.24) is 0 Å². The molecule has 1 fully saturated rings. The molecule has 12 heteroatoms. The standard InChI is InChI=1S/C25H14Cl5N3O3.H2O/c26-15-5-13(6-16(27)9-15)22-23(25(22,29)30)24(35)32-17-3-4-20(28)19(10-17)21(34)8-12-1-2-18(33-36)7-14(12)11-31;/h1-7,9-10,22-23H,8H2,(H,32,35);1H2. The molecular formula is C25H16Cl5N3O4. The maximum absolute atomic E-state index is 13.0. The fraction of sp³-hybridized carbons (Fsp3) is 0.160. The van der Waals surface area contributed by atoms with Crippen LogP contribution in [0.2, 0.25) is 15.1 Å². The van der Waals surface area contributed by atoms with Crippen LogP contribution in [0.1, 0.15) is 33.0 Å². The third kappa shape index (κ3) is 6.07. The lowest BCUT2D eigenvalue weighted by molar-refractivity contribution is -0.379. The number of Topliss-reactive ketones (excluding diaryl/α,β-unsaturated/α-hetero) is 1. The van der Waals surface area contributed by atoms with Gasteiger partial charge in [0, 0.05) is 55.9 Å². The molecule has 1 amide bonds. The molecule has 4 rings (SSSR count). The Labute approximate surface area is 236 Å². The first kappa shape index (κ1) is 28.9. The van der Waals surface area contributed by atoms with Crippen LogP contribution in [0.3, 0.4) is 0 Å². The van der Waals surface area contributed by atoms with Crippen molar-refractivity contribution < 1.29 is 20.2 Å². The molecule has 0 spiro atoms. The highest BCUT2D eigenvalue weighted by Crippen LogP contribution is 2.65. The second-order valence-electron chi connectivity index (χ2n) is 8.20. The van der Waals surface area contributed by atoms with Crippen LogP contribution in [-0.2, 0) is 11.2 Å². The average Bonchev–Trinajstić information content (AvgIpc) is 3.41. The van der Waals surface area contributed by atoms with E-state index in [4.69, 9.17) is 58.0 Å².